The first-order chi connectivity index (χ1) is 17.0. The highest BCUT2D eigenvalue weighted by Gasteiger charge is 2.33. The maximum absolute atomic E-state index is 13.2. The number of unbranched alkanes of at least 4 members (excludes halogenated alkanes) is 2. The molecule has 9 heteroatoms. The average Bonchev–Trinajstić information content (AvgIpc) is 2.89. The van der Waals surface area contributed by atoms with E-state index in [0.717, 1.165) is 48.6 Å². The van der Waals surface area contributed by atoms with Gasteiger partial charge in [-0.25, -0.2) is 9.97 Å². The molecule has 3 heterocycles. The normalized spacial score (nSPS) is 15.7. The fourth-order valence-corrected chi connectivity index (χ4v) is 4.93. The minimum Gasteiger partial charge on any atom is -0.481 e. The van der Waals surface area contributed by atoms with E-state index in [2.05, 4.69) is 19.8 Å². The Morgan fingerprint density at radius 1 is 0.829 bits per heavy atom. The molecule has 2 aliphatic rings. The number of amides is 2. The Kier molecular flexibility index (Phi) is 6.31. The van der Waals surface area contributed by atoms with Crippen molar-refractivity contribution in [1.82, 2.24) is 14.9 Å². The number of benzene rings is 2. The Bertz CT molecular complexity index is 1250. The largest absolute Gasteiger partial charge is 0.481 e. The van der Waals surface area contributed by atoms with Crippen molar-refractivity contribution in [1.29, 1.82) is 0 Å². The van der Waals surface area contributed by atoms with Crippen LogP contribution < -0.4 is 9.80 Å². The predicted molar refractivity (Wildman–Crippen MR) is 132 cm³/mol. The number of hydrogen-bond donors (Lipinski definition) is 1. The predicted octanol–water partition coefficient (Wildman–Crippen LogP) is 3.20. The molecule has 5 rings (SSSR count). The molecule has 0 atom stereocenters. The van der Waals surface area contributed by atoms with Gasteiger partial charge in [0.2, 0.25) is 5.95 Å². The summed E-state index contributed by atoms with van der Waals surface area (Å²) in [4.78, 5) is 51.6. The summed E-state index contributed by atoms with van der Waals surface area (Å²) in [5, 5.41) is 10.4. The second-order valence-electron chi connectivity index (χ2n) is 8.85. The summed E-state index contributed by atoms with van der Waals surface area (Å²) in [6, 6.07) is 11.3. The smallest absolute Gasteiger partial charge is 0.303 e. The van der Waals surface area contributed by atoms with Crippen LogP contribution in [0.3, 0.4) is 0 Å². The molecule has 1 saturated heterocycles. The van der Waals surface area contributed by atoms with E-state index in [-0.39, 0.29) is 18.2 Å². The molecule has 1 N–H and O–H groups in total. The third kappa shape index (κ3) is 4.41. The zero-order valence-electron chi connectivity index (χ0n) is 19.4. The highest BCUT2D eigenvalue weighted by Crippen LogP contribution is 2.36. The molecular formula is C26H27N5O4. The molecule has 35 heavy (non-hydrogen) atoms. The van der Waals surface area contributed by atoms with Gasteiger partial charge in [-0.1, -0.05) is 18.6 Å². The van der Waals surface area contributed by atoms with Crippen molar-refractivity contribution in [2.24, 2.45) is 0 Å². The highest BCUT2D eigenvalue weighted by atomic mass is 16.4. The number of imide groups is 1. The summed E-state index contributed by atoms with van der Waals surface area (Å²) in [5.74, 6) is -0.673. The van der Waals surface area contributed by atoms with Crippen LogP contribution in [0.5, 0.6) is 0 Å². The van der Waals surface area contributed by atoms with Gasteiger partial charge in [0.1, 0.15) is 0 Å². The van der Waals surface area contributed by atoms with Crippen molar-refractivity contribution >= 4 is 40.2 Å². The van der Waals surface area contributed by atoms with E-state index in [4.69, 9.17) is 5.11 Å². The van der Waals surface area contributed by atoms with E-state index in [9.17, 15) is 14.4 Å². The molecule has 2 aliphatic heterocycles. The Hall–Kier alpha value is -4.01. The highest BCUT2D eigenvalue weighted by molar-refractivity contribution is 6.26. The number of nitrogens with zero attached hydrogens (tertiary/aromatic N) is 5. The zero-order chi connectivity index (χ0) is 24.4. The summed E-state index contributed by atoms with van der Waals surface area (Å²) >= 11 is 0. The molecule has 0 radical (unpaired) electrons. The molecule has 0 aliphatic carbocycles. The van der Waals surface area contributed by atoms with Gasteiger partial charge in [0.05, 0.1) is 0 Å². The first-order valence-electron chi connectivity index (χ1n) is 12.0. The second-order valence-corrected chi connectivity index (χ2v) is 8.85. The van der Waals surface area contributed by atoms with Gasteiger partial charge >= 0.3 is 5.97 Å². The van der Waals surface area contributed by atoms with Crippen molar-refractivity contribution in [3.63, 3.8) is 0 Å². The second kappa shape index (κ2) is 9.69. The molecule has 1 aromatic heterocycles. The van der Waals surface area contributed by atoms with E-state index in [1.54, 1.807) is 24.5 Å². The standard InChI is InChI=1S/C26H27N5O4/c32-22(33)8-2-1-3-13-31-24(34)19-7-4-6-18-21(10-9-20(23(18)19)25(31)35)29-14-16-30(17-15-29)26-27-11-5-12-28-26/h4-7,9-12H,1-3,8,13-17H2,(H,32,33). The van der Waals surface area contributed by atoms with E-state index in [1.165, 1.54) is 4.90 Å². The van der Waals surface area contributed by atoms with Crippen LogP contribution in [0.4, 0.5) is 11.6 Å². The van der Waals surface area contributed by atoms with Crippen LogP contribution in [-0.2, 0) is 4.79 Å². The van der Waals surface area contributed by atoms with Crippen LogP contribution in [0, 0.1) is 0 Å². The minimum atomic E-state index is -0.832. The van der Waals surface area contributed by atoms with Gasteiger partial charge in [0.15, 0.2) is 0 Å². The Balaban J connectivity index is 1.35. The lowest BCUT2D eigenvalue weighted by Crippen LogP contribution is -2.47. The Morgan fingerprint density at radius 2 is 1.51 bits per heavy atom. The van der Waals surface area contributed by atoms with Crippen LogP contribution >= 0.6 is 0 Å². The molecular weight excluding hydrogens is 446 g/mol. The first kappa shape index (κ1) is 22.8. The SMILES string of the molecule is O=C(O)CCCCCN1C(=O)c2cccc3c(N4CCN(c5ncccn5)CC4)ccc(c23)C1=O. The third-order valence-electron chi connectivity index (χ3n) is 6.70. The van der Waals surface area contributed by atoms with Crippen molar-refractivity contribution in [3.8, 4) is 0 Å². The van der Waals surface area contributed by atoms with E-state index < -0.39 is 5.97 Å². The first-order valence-corrected chi connectivity index (χ1v) is 12.0. The lowest BCUT2D eigenvalue weighted by Gasteiger charge is -2.37. The van der Waals surface area contributed by atoms with E-state index in [1.807, 2.05) is 24.3 Å². The number of hydrogen-bond acceptors (Lipinski definition) is 7. The molecule has 0 unspecified atom stereocenters. The van der Waals surface area contributed by atoms with E-state index >= 15 is 0 Å². The van der Waals surface area contributed by atoms with Crippen LogP contribution in [0.25, 0.3) is 10.8 Å². The monoisotopic (exact) mass is 473 g/mol. The van der Waals surface area contributed by atoms with Crippen LogP contribution in [0.15, 0.2) is 48.8 Å². The number of carboxylic acids is 1. The zero-order valence-corrected chi connectivity index (χ0v) is 19.4. The number of aliphatic carboxylic acids is 1. The number of piperazine rings is 1. The van der Waals surface area contributed by atoms with Gasteiger partial charge in [0, 0.05) is 79.1 Å². The van der Waals surface area contributed by atoms with Gasteiger partial charge in [-0.15, -0.1) is 0 Å². The van der Waals surface area contributed by atoms with Gasteiger partial charge in [-0.05, 0) is 37.1 Å². The maximum Gasteiger partial charge on any atom is 0.303 e. The molecule has 2 aromatic carbocycles. The summed E-state index contributed by atoms with van der Waals surface area (Å²) < 4.78 is 0. The van der Waals surface area contributed by atoms with Crippen molar-refractivity contribution < 1.29 is 19.5 Å². The van der Waals surface area contributed by atoms with Gasteiger partial charge in [-0.3, -0.25) is 19.3 Å². The number of rotatable bonds is 8. The fraction of sp³-hybridized carbons (Fsp3) is 0.346. The molecule has 2 amide bonds. The Morgan fingerprint density at radius 3 is 2.23 bits per heavy atom. The van der Waals surface area contributed by atoms with Crippen molar-refractivity contribution in [3.05, 3.63) is 59.9 Å². The van der Waals surface area contributed by atoms with Gasteiger partial charge in [0.25, 0.3) is 11.8 Å². The number of carboxylic acid groups (broad SMARTS) is 1. The molecule has 9 nitrogen and oxygen atoms in total. The molecule has 1 fully saturated rings. The molecule has 0 spiro atoms. The quantitative estimate of drug-likeness (QED) is 0.393. The topological polar surface area (TPSA) is 107 Å². The van der Waals surface area contributed by atoms with Crippen molar-refractivity contribution in [2.75, 3.05) is 42.5 Å². The van der Waals surface area contributed by atoms with Crippen molar-refractivity contribution in [2.45, 2.75) is 25.7 Å². The number of carbonyl (C=O) groups excluding carboxylic acids is 2. The molecule has 3 aromatic rings. The van der Waals surface area contributed by atoms with Crippen LogP contribution in [0.2, 0.25) is 0 Å². The Labute approximate surface area is 203 Å². The third-order valence-corrected chi connectivity index (χ3v) is 6.70. The molecule has 180 valence electrons. The molecule has 0 bridgehead atoms. The molecule has 0 saturated carbocycles. The number of aromatic nitrogens is 2. The number of anilines is 2. The summed E-state index contributed by atoms with van der Waals surface area (Å²) in [7, 11) is 0. The van der Waals surface area contributed by atoms with E-state index in [0.29, 0.717) is 36.9 Å². The van der Waals surface area contributed by atoms with Crippen LogP contribution in [-0.4, -0.2) is 70.5 Å². The average molecular weight is 474 g/mol. The van der Waals surface area contributed by atoms with Gasteiger partial charge in [-0.2, -0.15) is 0 Å². The summed E-state index contributed by atoms with van der Waals surface area (Å²) in [6.45, 7) is 3.40. The lowest BCUT2D eigenvalue weighted by molar-refractivity contribution is -0.137. The van der Waals surface area contributed by atoms with Crippen LogP contribution in [0.1, 0.15) is 46.4 Å². The summed E-state index contributed by atoms with van der Waals surface area (Å²) in [5.41, 5.74) is 2.10. The number of carbonyl (C=O) groups is 3. The minimum absolute atomic E-state index is 0.0967. The summed E-state index contributed by atoms with van der Waals surface area (Å²) in [6.07, 6.45) is 5.36. The maximum atomic E-state index is 13.2. The lowest BCUT2D eigenvalue weighted by atomic mass is 9.92. The fourth-order valence-electron chi connectivity index (χ4n) is 4.93. The van der Waals surface area contributed by atoms with Gasteiger partial charge < -0.3 is 14.9 Å².